The molecular formula is C21H26O6. The summed E-state index contributed by atoms with van der Waals surface area (Å²) in [5.41, 5.74) is 1.95. The second-order valence-electron chi connectivity index (χ2n) is 6.47. The van der Waals surface area contributed by atoms with Crippen molar-refractivity contribution in [3.05, 3.63) is 71.8 Å². The highest BCUT2D eigenvalue weighted by Crippen LogP contribution is 2.27. The van der Waals surface area contributed by atoms with Gasteiger partial charge in [-0.2, -0.15) is 0 Å². The first-order chi connectivity index (χ1) is 13.2. The van der Waals surface area contributed by atoms with Gasteiger partial charge in [0.25, 0.3) is 0 Å². The Kier molecular flexibility index (Phi) is 7.34. The van der Waals surface area contributed by atoms with Gasteiger partial charge in [0.15, 0.2) is 6.29 Å². The summed E-state index contributed by atoms with van der Waals surface area (Å²) >= 11 is 0. The van der Waals surface area contributed by atoms with Gasteiger partial charge in [-0.25, -0.2) is 0 Å². The van der Waals surface area contributed by atoms with Crippen molar-refractivity contribution in [2.75, 3.05) is 13.7 Å². The quantitative estimate of drug-likeness (QED) is 0.735. The monoisotopic (exact) mass is 374 g/mol. The van der Waals surface area contributed by atoms with Crippen LogP contribution in [0.1, 0.15) is 11.1 Å². The fraction of sp³-hybridized carbons (Fsp3) is 0.429. The molecule has 0 saturated carbocycles. The van der Waals surface area contributed by atoms with Gasteiger partial charge < -0.3 is 29.2 Å². The maximum absolute atomic E-state index is 10.9. The number of aliphatic hydroxyl groups is 2. The van der Waals surface area contributed by atoms with Gasteiger partial charge >= 0.3 is 0 Å². The van der Waals surface area contributed by atoms with E-state index in [2.05, 4.69) is 0 Å². The molecular weight excluding hydrogens is 348 g/mol. The molecule has 5 atom stereocenters. The zero-order chi connectivity index (χ0) is 19.1. The fourth-order valence-corrected chi connectivity index (χ4v) is 3.15. The highest BCUT2D eigenvalue weighted by molar-refractivity contribution is 5.14. The Hall–Kier alpha value is -1.80. The lowest BCUT2D eigenvalue weighted by atomic mass is 9.98. The van der Waals surface area contributed by atoms with Crippen LogP contribution >= 0.6 is 0 Å². The highest BCUT2D eigenvalue weighted by Gasteiger charge is 2.46. The van der Waals surface area contributed by atoms with Crippen molar-refractivity contribution in [2.24, 2.45) is 0 Å². The molecule has 6 nitrogen and oxygen atoms in total. The lowest BCUT2D eigenvalue weighted by molar-refractivity contribution is -0.313. The van der Waals surface area contributed by atoms with Crippen LogP contribution in [0.25, 0.3) is 0 Å². The molecule has 1 fully saturated rings. The Bertz CT molecular complexity index is 607. The molecule has 0 spiro atoms. The van der Waals surface area contributed by atoms with Gasteiger partial charge in [-0.15, -0.1) is 0 Å². The van der Waals surface area contributed by atoms with Crippen LogP contribution in [0.2, 0.25) is 0 Å². The van der Waals surface area contributed by atoms with Gasteiger partial charge in [0.05, 0.1) is 19.8 Å². The minimum absolute atomic E-state index is 0.290. The second kappa shape index (κ2) is 9.94. The molecule has 3 unspecified atom stereocenters. The third-order valence-electron chi connectivity index (χ3n) is 4.60. The Morgan fingerprint density at radius 3 is 1.85 bits per heavy atom. The maximum Gasteiger partial charge on any atom is 0.186 e. The average molecular weight is 374 g/mol. The molecule has 1 saturated heterocycles. The molecule has 6 heteroatoms. The van der Waals surface area contributed by atoms with Crippen LogP contribution in [0, 0.1) is 0 Å². The van der Waals surface area contributed by atoms with E-state index in [4.69, 9.17) is 18.9 Å². The molecule has 0 bridgehead atoms. The molecule has 27 heavy (non-hydrogen) atoms. The summed E-state index contributed by atoms with van der Waals surface area (Å²) in [5.74, 6) is 0. The lowest BCUT2D eigenvalue weighted by Gasteiger charge is -2.43. The van der Waals surface area contributed by atoms with Crippen molar-refractivity contribution >= 4 is 0 Å². The summed E-state index contributed by atoms with van der Waals surface area (Å²) in [4.78, 5) is 0. The predicted molar refractivity (Wildman–Crippen MR) is 98.8 cm³/mol. The van der Waals surface area contributed by atoms with Gasteiger partial charge in [-0.05, 0) is 11.1 Å². The molecule has 0 aliphatic carbocycles. The summed E-state index contributed by atoms with van der Waals surface area (Å²) in [6, 6.07) is 19.3. The molecule has 1 heterocycles. The smallest absolute Gasteiger partial charge is 0.186 e. The normalized spacial score (nSPS) is 28.2. The number of hydrogen-bond acceptors (Lipinski definition) is 6. The van der Waals surface area contributed by atoms with Gasteiger partial charge in [-0.3, -0.25) is 0 Å². The average Bonchev–Trinajstić information content (AvgIpc) is 2.73. The molecule has 1 aliphatic rings. The lowest BCUT2D eigenvalue weighted by Crippen LogP contribution is -2.60. The number of aliphatic hydroxyl groups excluding tert-OH is 2. The van der Waals surface area contributed by atoms with Gasteiger partial charge in [-0.1, -0.05) is 60.7 Å². The molecule has 2 aromatic carbocycles. The number of benzene rings is 2. The summed E-state index contributed by atoms with van der Waals surface area (Å²) in [7, 11) is 1.48. The number of rotatable bonds is 8. The minimum Gasteiger partial charge on any atom is -0.394 e. The predicted octanol–water partition coefficient (Wildman–Crippen LogP) is 1.88. The maximum atomic E-state index is 10.9. The van der Waals surface area contributed by atoms with Crippen LogP contribution in [-0.2, 0) is 32.2 Å². The zero-order valence-corrected chi connectivity index (χ0v) is 15.3. The first-order valence-electron chi connectivity index (χ1n) is 9.01. The van der Waals surface area contributed by atoms with Crippen molar-refractivity contribution in [1.29, 1.82) is 0 Å². The van der Waals surface area contributed by atoms with Gasteiger partial charge in [0.1, 0.15) is 24.4 Å². The third kappa shape index (κ3) is 5.13. The largest absolute Gasteiger partial charge is 0.394 e. The Balaban J connectivity index is 1.68. The van der Waals surface area contributed by atoms with Crippen LogP contribution in [0.3, 0.4) is 0 Å². The molecule has 3 rings (SSSR count). The van der Waals surface area contributed by atoms with E-state index >= 15 is 0 Å². The van der Waals surface area contributed by atoms with E-state index in [9.17, 15) is 10.2 Å². The molecule has 0 aromatic heterocycles. The zero-order valence-electron chi connectivity index (χ0n) is 15.3. The summed E-state index contributed by atoms with van der Waals surface area (Å²) in [6.07, 6.45) is -3.97. The number of hydrogen-bond donors (Lipinski definition) is 2. The molecule has 146 valence electrons. The second-order valence-corrected chi connectivity index (χ2v) is 6.47. The van der Waals surface area contributed by atoms with Crippen molar-refractivity contribution in [3.63, 3.8) is 0 Å². The first kappa shape index (κ1) is 19.9. The van der Waals surface area contributed by atoms with Crippen molar-refractivity contribution < 1.29 is 29.2 Å². The van der Waals surface area contributed by atoms with E-state index in [0.717, 1.165) is 11.1 Å². The summed E-state index contributed by atoms with van der Waals surface area (Å²) < 4.78 is 22.9. The van der Waals surface area contributed by atoms with Crippen LogP contribution < -0.4 is 0 Å². The van der Waals surface area contributed by atoms with E-state index in [1.165, 1.54) is 7.11 Å². The molecule has 2 N–H and O–H groups in total. The van der Waals surface area contributed by atoms with E-state index in [-0.39, 0.29) is 6.61 Å². The van der Waals surface area contributed by atoms with E-state index in [1.807, 2.05) is 60.7 Å². The van der Waals surface area contributed by atoms with Crippen LogP contribution in [0.4, 0.5) is 0 Å². The van der Waals surface area contributed by atoms with Gasteiger partial charge in [0.2, 0.25) is 0 Å². The summed E-state index contributed by atoms with van der Waals surface area (Å²) in [6.45, 7) is 0.314. The molecule has 1 aliphatic heterocycles. The van der Waals surface area contributed by atoms with Crippen LogP contribution in [-0.4, -0.2) is 54.6 Å². The van der Waals surface area contributed by atoms with E-state index in [1.54, 1.807) is 0 Å². The SMILES string of the molecule is CO[C@@H]1OC(CO)[C@H](OCc2ccccc2)C(O)C1OCc1ccccc1. The van der Waals surface area contributed by atoms with Crippen LogP contribution in [0.5, 0.6) is 0 Å². The Labute approximate surface area is 159 Å². The summed E-state index contributed by atoms with van der Waals surface area (Å²) in [5, 5.41) is 20.5. The topological polar surface area (TPSA) is 77.4 Å². The minimum atomic E-state index is -1.01. The number of ether oxygens (including phenoxy) is 4. The molecule has 2 aromatic rings. The van der Waals surface area contributed by atoms with E-state index in [0.29, 0.717) is 13.2 Å². The standard InChI is InChI=1S/C21H26O6/c1-24-21-20(26-14-16-10-6-3-7-11-16)18(23)19(17(12-22)27-21)25-13-15-8-4-2-5-9-15/h2-11,17-23H,12-14H2,1H3/t17?,18?,19-,20?,21+/m0/s1. The van der Waals surface area contributed by atoms with Crippen molar-refractivity contribution in [2.45, 2.75) is 43.9 Å². The van der Waals surface area contributed by atoms with Crippen molar-refractivity contribution in [3.8, 4) is 0 Å². The fourth-order valence-electron chi connectivity index (χ4n) is 3.15. The van der Waals surface area contributed by atoms with Gasteiger partial charge in [0, 0.05) is 7.11 Å². The molecule has 0 amide bonds. The van der Waals surface area contributed by atoms with Crippen LogP contribution in [0.15, 0.2) is 60.7 Å². The van der Waals surface area contributed by atoms with Crippen molar-refractivity contribution in [1.82, 2.24) is 0 Å². The first-order valence-corrected chi connectivity index (χ1v) is 9.01. The molecule has 0 radical (unpaired) electrons. The van der Waals surface area contributed by atoms with E-state index < -0.39 is 30.7 Å². The number of methoxy groups -OCH3 is 1. The Morgan fingerprint density at radius 2 is 1.37 bits per heavy atom. The Morgan fingerprint density at radius 1 is 0.852 bits per heavy atom. The highest BCUT2D eigenvalue weighted by atomic mass is 16.7. The third-order valence-corrected chi connectivity index (χ3v) is 4.60.